The van der Waals surface area contributed by atoms with Crippen LogP contribution in [0.25, 0.3) is 0 Å². The van der Waals surface area contributed by atoms with Gasteiger partial charge in [-0.2, -0.15) is 15.0 Å². The van der Waals surface area contributed by atoms with Gasteiger partial charge in [0.15, 0.2) is 15.5 Å². The second kappa shape index (κ2) is 9.33. The van der Waals surface area contributed by atoms with Crippen molar-refractivity contribution in [1.29, 1.82) is 0 Å². The van der Waals surface area contributed by atoms with E-state index in [1.54, 1.807) is 35.3 Å². The van der Waals surface area contributed by atoms with Crippen LogP contribution < -0.4 is 0 Å². The van der Waals surface area contributed by atoms with E-state index in [1.807, 2.05) is 20.8 Å². The second-order valence-electron chi connectivity index (χ2n) is 4.92. The molecule has 0 saturated heterocycles. The predicted molar refractivity (Wildman–Crippen MR) is 96.4 cm³/mol. The first kappa shape index (κ1) is 18.3. The molecule has 0 aliphatic heterocycles. The molecule has 1 aromatic rings. The molecule has 0 N–H and O–H groups in total. The second-order valence-corrected chi connectivity index (χ2v) is 7.75. The van der Waals surface area contributed by atoms with Crippen LogP contribution in [0, 0.1) is 0 Å². The molecule has 1 rings (SSSR count). The molecular weight excluding hydrogens is 318 g/mol. The first-order valence-electron chi connectivity index (χ1n) is 6.44. The quantitative estimate of drug-likeness (QED) is 0.472. The zero-order chi connectivity index (χ0) is 15.8. The van der Waals surface area contributed by atoms with Crippen molar-refractivity contribution >= 4 is 35.3 Å². The highest BCUT2D eigenvalue weighted by molar-refractivity contribution is 8.00. The van der Waals surface area contributed by atoms with Gasteiger partial charge in [0.1, 0.15) is 0 Å². The maximum absolute atomic E-state index is 4.49. The Morgan fingerprint density at radius 3 is 1.10 bits per heavy atom. The van der Waals surface area contributed by atoms with Crippen molar-refractivity contribution in [1.82, 2.24) is 15.0 Å². The molecule has 0 fully saturated rings. The highest BCUT2D eigenvalue weighted by atomic mass is 32.2. The van der Waals surface area contributed by atoms with E-state index in [0.717, 1.165) is 49.4 Å². The molecule has 0 unspecified atom stereocenters. The van der Waals surface area contributed by atoms with Gasteiger partial charge in [-0.25, -0.2) is 0 Å². The number of rotatable bonds is 9. The van der Waals surface area contributed by atoms with Gasteiger partial charge in [0, 0.05) is 17.3 Å². The Kier molecular flexibility index (Phi) is 8.14. The van der Waals surface area contributed by atoms with Crippen molar-refractivity contribution in [2.24, 2.45) is 0 Å². The van der Waals surface area contributed by atoms with Crippen LogP contribution in [0.4, 0.5) is 0 Å². The van der Waals surface area contributed by atoms with Crippen molar-refractivity contribution in [3.05, 3.63) is 36.5 Å². The number of aromatic nitrogens is 3. The van der Waals surface area contributed by atoms with Crippen LogP contribution in [0.3, 0.4) is 0 Å². The monoisotopic (exact) mass is 339 g/mol. The third-order valence-corrected chi connectivity index (χ3v) is 5.15. The van der Waals surface area contributed by atoms with Crippen LogP contribution in [0.15, 0.2) is 51.9 Å². The minimum absolute atomic E-state index is 0.751. The summed E-state index contributed by atoms with van der Waals surface area (Å²) in [6, 6.07) is 0. The van der Waals surface area contributed by atoms with E-state index >= 15 is 0 Å². The van der Waals surface area contributed by atoms with Gasteiger partial charge >= 0.3 is 0 Å². The normalized spacial score (nSPS) is 10.4. The Labute approximate surface area is 140 Å². The number of nitrogens with zero attached hydrogens (tertiary/aromatic N) is 3. The third kappa shape index (κ3) is 8.34. The first-order valence-corrected chi connectivity index (χ1v) is 9.40. The van der Waals surface area contributed by atoms with Crippen molar-refractivity contribution in [2.75, 3.05) is 17.3 Å². The van der Waals surface area contributed by atoms with E-state index < -0.39 is 0 Å². The average Bonchev–Trinajstić information content (AvgIpc) is 2.40. The highest BCUT2D eigenvalue weighted by Crippen LogP contribution is 2.25. The van der Waals surface area contributed by atoms with Gasteiger partial charge in [-0.1, -0.05) is 71.7 Å². The van der Waals surface area contributed by atoms with Gasteiger partial charge in [-0.05, 0) is 20.8 Å². The van der Waals surface area contributed by atoms with Gasteiger partial charge in [0.25, 0.3) is 0 Å². The zero-order valence-electron chi connectivity index (χ0n) is 12.8. The Hall–Kier alpha value is -0.720. The molecule has 3 nitrogen and oxygen atoms in total. The van der Waals surface area contributed by atoms with E-state index in [-0.39, 0.29) is 0 Å². The molecule has 1 aromatic heterocycles. The highest BCUT2D eigenvalue weighted by Gasteiger charge is 2.09. The maximum atomic E-state index is 4.49. The summed E-state index contributed by atoms with van der Waals surface area (Å²) in [6.07, 6.45) is 0. The summed E-state index contributed by atoms with van der Waals surface area (Å²) in [5, 5.41) is 2.25. The molecule has 0 atom stereocenters. The molecule has 0 aliphatic carbocycles. The minimum Gasteiger partial charge on any atom is -0.196 e. The average molecular weight is 340 g/mol. The van der Waals surface area contributed by atoms with Crippen LogP contribution >= 0.6 is 35.3 Å². The molecular formula is C15H21N3S3. The van der Waals surface area contributed by atoms with Crippen LogP contribution in [-0.4, -0.2) is 32.2 Å². The van der Waals surface area contributed by atoms with Crippen molar-refractivity contribution in [2.45, 2.75) is 36.2 Å². The van der Waals surface area contributed by atoms with E-state index in [2.05, 4.69) is 34.7 Å². The van der Waals surface area contributed by atoms with Crippen molar-refractivity contribution in [3.8, 4) is 0 Å². The summed E-state index contributed by atoms with van der Waals surface area (Å²) >= 11 is 4.78. The largest absolute Gasteiger partial charge is 0.196 e. The van der Waals surface area contributed by atoms with Crippen molar-refractivity contribution < 1.29 is 0 Å². The van der Waals surface area contributed by atoms with E-state index in [9.17, 15) is 0 Å². The summed E-state index contributed by atoms with van der Waals surface area (Å²) in [5.41, 5.74) is 3.31. The lowest BCUT2D eigenvalue weighted by Crippen LogP contribution is -1.99. The molecule has 21 heavy (non-hydrogen) atoms. The van der Waals surface area contributed by atoms with E-state index in [0.29, 0.717) is 0 Å². The van der Waals surface area contributed by atoms with E-state index in [1.165, 1.54) is 0 Å². The fourth-order valence-electron chi connectivity index (χ4n) is 1.08. The lowest BCUT2D eigenvalue weighted by molar-refractivity contribution is 0.718. The summed E-state index contributed by atoms with van der Waals surface area (Å²) in [6.45, 7) is 17.7. The van der Waals surface area contributed by atoms with Gasteiger partial charge in [-0.15, -0.1) is 0 Å². The number of hydrogen-bond acceptors (Lipinski definition) is 6. The summed E-state index contributed by atoms with van der Waals surface area (Å²) in [7, 11) is 0. The molecule has 0 saturated carbocycles. The molecule has 0 bridgehead atoms. The minimum atomic E-state index is 0.751. The van der Waals surface area contributed by atoms with Crippen LogP contribution in [0.2, 0.25) is 0 Å². The van der Waals surface area contributed by atoms with E-state index in [4.69, 9.17) is 0 Å². The molecule has 0 amide bonds. The Morgan fingerprint density at radius 1 is 0.667 bits per heavy atom. The maximum Gasteiger partial charge on any atom is 0.192 e. The summed E-state index contributed by atoms with van der Waals surface area (Å²) in [5.74, 6) is 2.46. The Balaban J connectivity index is 2.86. The lowest BCUT2D eigenvalue weighted by Gasteiger charge is -2.06. The topological polar surface area (TPSA) is 38.7 Å². The number of hydrogen-bond donors (Lipinski definition) is 0. The van der Waals surface area contributed by atoms with Crippen LogP contribution in [0.5, 0.6) is 0 Å². The lowest BCUT2D eigenvalue weighted by atomic mass is 10.4. The third-order valence-electron chi connectivity index (χ3n) is 1.92. The molecule has 0 spiro atoms. The molecule has 1 heterocycles. The standard InChI is InChI=1S/C15H21N3S3/c1-10(2)7-19-13-16-14(20-8-11(3)4)18-15(17-13)21-9-12(5)6/h1,3,5,7-9H2,2,4,6H3. The van der Waals surface area contributed by atoms with Gasteiger partial charge in [0.05, 0.1) is 0 Å². The van der Waals surface area contributed by atoms with Crippen LogP contribution in [-0.2, 0) is 0 Å². The van der Waals surface area contributed by atoms with Gasteiger partial charge in [-0.3, -0.25) is 0 Å². The number of thioether (sulfide) groups is 3. The summed E-state index contributed by atoms with van der Waals surface area (Å²) in [4.78, 5) is 13.5. The van der Waals surface area contributed by atoms with Crippen molar-refractivity contribution in [3.63, 3.8) is 0 Å². The Bertz CT molecular complexity index is 452. The molecule has 114 valence electrons. The van der Waals surface area contributed by atoms with Gasteiger partial charge < -0.3 is 0 Å². The fourth-order valence-corrected chi connectivity index (χ4v) is 3.28. The summed E-state index contributed by atoms with van der Waals surface area (Å²) < 4.78 is 0. The molecule has 0 aromatic carbocycles. The molecule has 0 radical (unpaired) electrons. The molecule has 6 heteroatoms. The first-order chi connectivity index (χ1) is 9.86. The fraction of sp³-hybridized carbons (Fsp3) is 0.400. The van der Waals surface area contributed by atoms with Crippen LogP contribution in [0.1, 0.15) is 20.8 Å². The SMILES string of the molecule is C=C(C)CSc1nc(SCC(=C)C)nc(SCC(=C)C)n1. The smallest absolute Gasteiger partial charge is 0.192 e. The Morgan fingerprint density at radius 2 is 0.905 bits per heavy atom. The molecule has 0 aliphatic rings. The van der Waals surface area contributed by atoms with Gasteiger partial charge in [0.2, 0.25) is 0 Å². The zero-order valence-corrected chi connectivity index (χ0v) is 15.3. The predicted octanol–water partition coefficient (Wildman–Crippen LogP) is 4.88.